The van der Waals surface area contributed by atoms with Crippen molar-refractivity contribution < 1.29 is 4.39 Å². The van der Waals surface area contributed by atoms with Gasteiger partial charge in [0.1, 0.15) is 5.82 Å². The zero-order valence-electron chi connectivity index (χ0n) is 8.68. The third-order valence-corrected chi connectivity index (χ3v) is 3.50. The molecule has 86 valence electrons. The molecule has 3 nitrogen and oxygen atoms in total. The van der Waals surface area contributed by atoms with Gasteiger partial charge in [0.2, 0.25) is 0 Å². The van der Waals surface area contributed by atoms with Crippen LogP contribution in [0.1, 0.15) is 5.69 Å². The molecule has 0 unspecified atom stereocenters. The number of thiazole rings is 1. The fraction of sp³-hybridized carbons (Fsp3) is 0.0909. The largest absolute Gasteiger partial charge is 0.331 e. The number of aromatic amines is 1. The zero-order chi connectivity index (χ0) is 11.8. The van der Waals surface area contributed by atoms with E-state index in [-0.39, 0.29) is 5.82 Å². The Kier molecular flexibility index (Phi) is 2.53. The van der Waals surface area contributed by atoms with Crippen LogP contribution >= 0.6 is 23.6 Å². The number of halogens is 1. The second-order valence-electron chi connectivity index (χ2n) is 3.66. The molecule has 0 atom stereocenters. The first kappa shape index (κ1) is 10.6. The van der Waals surface area contributed by atoms with Gasteiger partial charge in [-0.1, -0.05) is 0 Å². The number of fused-ring (bicyclic) bond motifs is 1. The molecular formula is C11H8FN3S2. The van der Waals surface area contributed by atoms with E-state index >= 15 is 0 Å². The molecule has 0 bridgehead atoms. The van der Waals surface area contributed by atoms with Crippen molar-refractivity contribution in [2.45, 2.75) is 6.54 Å². The average Bonchev–Trinajstić information content (AvgIpc) is 2.90. The van der Waals surface area contributed by atoms with Gasteiger partial charge in [-0.25, -0.2) is 9.37 Å². The minimum atomic E-state index is -0.265. The maximum Gasteiger partial charge on any atom is 0.178 e. The van der Waals surface area contributed by atoms with E-state index in [0.717, 1.165) is 16.7 Å². The second-order valence-corrected chi connectivity index (χ2v) is 4.76. The van der Waals surface area contributed by atoms with E-state index in [2.05, 4.69) is 9.97 Å². The molecule has 0 saturated carbocycles. The van der Waals surface area contributed by atoms with Crippen LogP contribution in [0, 0.1) is 10.6 Å². The van der Waals surface area contributed by atoms with Gasteiger partial charge in [-0.2, -0.15) is 0 Å². The van der Waals surface area contributed by atoms with E-state index in [1.54, 1.807) is 11.6 Å². The van der Waals surface area contributed by atoms with Crippen molar-refractivity contribution >= 4 is 34.6 Å². The monoisotopic (exact) mass is 265 g/mol. The molecule has 0 aliphatic carbocycles. The molecule has 2 heterocycles. The lowest BCUT2D eigenvalue weighted by Gasteiger charge is -2.01. The predicted molar refractivity (Wildman–Crippen MR) is 68.3 cm³/mol. The Morgan fingerprint density at radius 3 is 3.12 bits per heavy atom. The lowest BCUT2D eigenvalue weighted by Crippen LogP contribution is -1.99. The van der Waals surface area contributed by atoms with Gasteiger partial charge in [-0.05, 0) is 30.4 Å². The third kappa shape index (κ3) is 1.89. The second kappa shape index (κ2) is 4.05. The molecular weight excluding hydrogens is 257 g/mol. The number of imidazole rings is 1. The summed E-state index contributed by atoms with van der Waals surface area (Å²) in [5.74, 6) is -0.265. The summed E-state index contributed by atoms with van der Waals surface area (Å²) in [6.07, 6.45) is 0. The van der Waals surface area contributed by atoms with Crippen molar-refractivity contribution in [2.24, 2.45) is 0 Å². The van der Waals surface area contributed by atoms with Crippen molar-refractivity contribution in [1.29, 1.82) is 0 Å². The molecule has 0 radical (unpaired) electrons. The Morgan fingerprint density at radius 2 is 2.35 bits per heavy atom. The van der Waals surface area contributed by atoms with Gasteiger partial charge in [-0.15, -0.1) is 11.3 Å². The Balaban J connectivity index is 2.17. The summed E-state index contributed by atoms with van der Waals surface area (Å²) in [6, 6.07) is 4.59. The van der Waals surface area contributed by atoms with Gasteiger partial charge >= 0.3 is 0 Å². The van der Waals surface area contributed by atoms with E-state index < -0.39 is 0 Å². The molecule has 2 aromatic heterocycles. The lowest BCUT2D eigenvalue weighted by atomic mass is 10.3. The normalized spacial score (nSPS) is 11.1. The Bertz CT molecular complexity index is 712. The van der Waals surface area contributed by atoms with Gasteiger partial charge in [-0.3, -0.25) is 0 Å². The topological polar surface area (TPSA) is 33.6 Å². The standard InChI is InChI=1S/C11H8FN3S2/c12-7-1-2-9-10(3-7)15(11(16)14-9)4-8-5-17-6-13-8/h1-3,5-6H,4H2,(H,14,16). The first-order chi connectivity index (χ1) is 8.24. The summed E-state index contributed by atoms with van der Waals surface area (Å²) >= 11 is 6.76. The van der Waals surface area contributed by atoms with Crippen LogP contribution in [0.4, 0.5) is 4.39 Å². The number of aromatic nitrogens is 3. The average molecular weight is 265 g/mol. The molecule has 0 aliphatic rings. The minimum Gasteiger partial charge on any atom is -0.331 e. The Labute approximate surface area is 106 Å². The Hall–Kier alpha value is -1.53. The highest BCUT2D eigenvalue weighted by Crippen LogP contribution is 2.17. The van der Waals surface area contributed by atoms with Crippen LogP contribution in [-0.4, -0.2) is 14.5 Å². The molecule has 17 heavy (non-hydrogen) atoms. The summed E-state index contributed by atoms with van der Waals surface area (Å²) in [4.78, 5) is 7.26. The van der Waals surface area contributed by atoms with Gasteiger partial charge in [0.15, 0.2) is 4.77 Å². The van der Waals surface area contributed by atoms with Crippen LogP contribution in [0.5, 0.6) is 0 Å². The number of hydrogen-bond acceptors (Lipinski definition) is 3. The van der Waals surface area contributed by atoms with E-state index in [9.17, 15) is 4.39 Å². The molecule has 0 fully saturated rings. The molecule has 1 N–H and O–H groups in total. The third-order valence-electron chi connectivity index (χ3n) is 2.54. The summed E-state index contributed by atoms with van der Waals surface area (Å²) in [5, 5.41) is 1.96. The molecule has 0 amide bonds. The highest BCUT2D eigenvalue weighted by atomic mass is 32.1. The van der Waals surface area contributed by atoms with Gasteiger partial charge < -0.3 is 9.55 Å². The van der Waals surface area contributed by atoms with Gasteiger partial charge in [0.25, 0.3) is 0 Å². The van der Waals surface area contributed by atoms with Crippen LogP contribution in [-0.2, 0) is 6.54 Å². The SMILES string of the molecule is Fc1ccc2[nH]c(=S)n(Cc3cscn3)c2c1. The fourth-order valence-corrected chi connectivity index (χ4v) is 2.58. The van der Waals surface area contributed by atoms with Crippen molar-refractivity contribution in [3.8, 4) is 0 Å². The molecule has 6 heteroatoms. The molecule has 0 spiro atoms. The highest BCUT2D eigenvalue weighted by molar-refractivity contribution is 7.71. The molecule has 1 aromatic carbocycles. The molecule has 3 rings (SSSR count). The molecule has 0 saturated heterocycles. The Morgan fingerprint density at radius 1 is 1.47 bits per heavy atom. The van der Waals surface area contributed by atoms with Crippen LogP contribution in [0.3, 0.4) is 0 Å². The van der Waals surface area contributed by atoms with Crippen LogP contribution in [0.15, 0.2) is 29.1 Å². The van der Waals surface area contributed by atoms with E-state index in [1.165, 1.54) is 23.5 Å². The lowest BCUT2D eigenvalue weighted by molar-refractivity contribution is 0.628. The maximum atomic E-state index is 13.2. The van der Waals surface area contributed by atoms with Crippen molar-refractivity contribution in [2.75, 3.05) is 0 Å². The smallest absolute Gasteiger partial charge is 0.178 e. The van der Waals surface area contributed by atoms with Crippen molar-refractivity contribution in [3.63, 3.8) is 0 Å². The number of rotatable bonds is 2. The fourth-order valence-electron chi connectivity index (χ4n) is 1.76. The predicted octanol–water partition coefficient (Wildman–Crippen LogP) is 3.34. The van der Waals surface area contributed by atoms with E-state index in [0.29, 0.717) is 11.3 Å². The molecule has 0 aliphatic heterocycles. The number of benzene rings is 1. The van der Waals surface area contributed by atoms with Gasteiger partial charge in [0, 0.05) is 5.38 Å². The van der Waals surface area contributed by atoms with Crippen molar-refractivity contribution in [1.82, 2.24) is 14.5 Å². The zero-order valence-corrected chi connectivity index (χ0v) is 10.3. The van der Waals surface area contributed by atoms with Crippen LogP contribution in [0.2, 0.25) is 0 Å². The summed E-state index contributed by atoms with van der Waals surface area (Å²) < 4.78 is 15.7. The maximum absolute atomic E-state index is 13.2. The first-order valence-corrected chi connectivity index (χ1v) is 6.34. The number of nitrogens with one attached hydrogen (secondary N) is 1. The number of nitrogens with zero attached hydrogens (tertiary/aromatic N) is 2. The quantitative estimate of drug-likeness (QED) is 0.721. The van der Waals surface area contributed by atoms with Crippen LogP contribution in [0.25, 0.3) is 11.0 Å². The first-order valence-electron chi connectivity index (χ1n) is 4.99. The van der Waals surface area contributed by atoms with E-state index in [1.807, 2.05) is 9.95 Å². The number of hydrogen-bond donors (Lipinski definition) is 1. The summed E-state index contributed by atoms with van der Waals surface area (Å²) in [6.45, 7) is 0.561. The van der Waals surface area contributed by atoms with Gasteiger partial charge in [0.05, 0.1) is 28.8 Å². The summed E-state index contributed by atoms with van der Waals surface area (Å²) in [7, 11) is 0. The molecule has 3 aromatic rings. The van der Waals surface area contributed by atoms with Crippen molar-refractivity contribution in [3.05, 3.63) is 45.4 Å². The minimum absolute atomic E-state index is 0.265. The number of H-pyrrole nitrogens is 1. The summed E-state index contributed by atoms with van der Waals surface area (Å²) in [5.41, 5.74) is 4.31. The van der Waals surface area contributed by atoms with E-state index in [4.69, 9.17) is 12.2 Å². The highest BCUT2D eigenvalue weighted by Gasteiger charge is 2.06. The van der Waals surface area contributed by atoms with Crippen LogP contribution < -0.4 is 0 Å².